The number of benzene rings is 3. The second kappa shape index (κ2) is 9.91. The molecule has 0 saturated carbocycles. The smallest absolute Gasteiger partial charge is 0.146 e. The lowest BCUT2D eigenvalue weighted by molar-refractivity contribution is 0.447. The third-order valence-electron chi connectivity index (χ3n) is 5.56. The van der Waals surface area contributed by atoms with Crippen LogP contribution in [0, 0.1) is 17.8 Å². The minimum Gasteiger partial charge on any atom is -0.456 e. The van der Waals surface area contributed by atoms with E-state index in [-0.39, 0.29) is 0 Å². The molecule has 1 aromatic heterocycles. The number of hydrogen-bond acceptors (Lipinski definition) is 5. The number of nitrogens with one attached hydrogen (secondary N) is 2. The van der Waals surface area contributed by atoms with E-state index in [1.54, 1.807) is 6.33 Å². The number of anilines is 2. The van der Waals surface area contributed by atoms with E-state index in [4.69, 9.17) is 16.3 Å². The van der Waals surface area contributed by atoms with Crippen molar-refractivity contribution in [2.75, 3.05) is 18.4 Å². The molecule has 0 amide bonds. The summed E-state index contributed by atoms with van der Waals surface area (Å²) in [5.41, 5.74) is 2.63. The zero-order chi connectivity index (χ0) is 22.5. The van der Waals surface area contributed by atoms with Crippen molar-refractivity contribution in [2.24, 2.45) is 5.92 Å². The summed E-state index contributed by atoms with van der Waals surface area (Å²) in [5.74, 6) is 9.25. The Labute approximate surface area is 198 Å². The number of ether oxygens (including phenoxy) is 1. The molecule has 0 spiro atoms. The van der Waals surface area contributed by atoms with Crippen LogP contribution in [0.25, 0.3) is 10.9 Å². The standard InChI is InChI=1S/C27H23ClN4O/c28-24-17-21(9-11-26(24)33-22-4-2-1-3-5-22)32-27-23-16-20(8-10-25(23)30-18-31-27)7-6-19-12-14-29-15-13-19/h1-5,8-11,16-19,29H,12-15H2,(H,30,31,32). The summed E-state index contributed by atoms with van der Waals surface area (Å²) in [5, 5.41) is 8.16. The largest absolute Gasteiger partial charge is 0.456 e. The number of rotatable bonds is 4. The number of fused-ring (bicyclic) bond motifs is 1. The monoisotopic (exact) mass is 454 g/mol. The first kappa shape index (κ1) is 21.3. The Balaban J connectivity index is 1.38. The number of piperidine rings is 1. The predicted octanol–water partition coefficient (Wildman–Crippen LogP) is 6.17. The van der Waals surface area contributed by atoms with Crippen LogP contribution in [-0.2, 0) is 0 Å². The van der Waals surface area contributed by atoms with Crippen LogP contribution in [0.3, 0.4) is 0 Å². The lowest BCUT2D eigenvalue weighted by atomic mass is 9.98. The zero-order valence-electron chi connectivity index (χ0n) is 18.0. The molecular weight excluding hydrogens is 432 g/mol. The molecule has 1 fully saturated rings. The van der Waals surface area contributed by atoms with Crippen molar-refractivity contribution in [1.29, 1.82) is 0 Å². The maximum absolute atomic E-state index is 6.48. The van der Waals surface area contributed by atoms with Gasteiger partial charge in [-0.2, -0.15) is 0 Å². The fourth-order valence-electron chi connectivity index (χ4n) is 3.80. The highest BCUT2D eigenvalue weighted by molar-refractivity contribution is 6.32. The molecule has 2 heterocycles. The van der Waals surface area contributed by atoms with Gasteiger partial charge in [0, 0.05) is 22.6 Å². The van der Waals surface area contributed by atoms with E-state index >= 15 is 0 Å². The van der Waals surface area contributed by atoms with Crippen LogP contribution < -0.4 is 15.4 Å². The van der Waals surface area contributed by atoms with Crippen LogP contribution >= 0.6 is 11.6 Å². The van der Waals surface area contributed by atoms with Gasteiger partial charge in [-0.3, -0.25) is 0 Å². The van der Waals surface area contributed by atoms with Gasteiger partial charge in [-0.05, 0) is 74.5 Å². The normalized spacial score (nSPS) is 13.8. The lowest BCUT2D eigenvalue weighted by Crippen LogP contribution is -2.26. The molecule has 5 rings (SSSR count). The summed E-state index contributed by atoms with van der Waals surface area (Å²) < 4.78 is 5.87. The van der Waals surface area contributed by atoms with Gasteiger partial charge in [-0.15, -0.1) is 0 Å². The summed E-state index contributed by atoms with van der Waals surface area (Å²) in [6, 6.07) is 21.2. The Hall–Kier alpha value is -3.59. The van der Waals surface area contributed by atoms with Gasteiger partial charge in [0.05, 0.1) is 10.5 Å². The van der Waals surface area contributed by atoms with Crippen LogP contribution in [0.15, 0.2) is 73.1 Å². The maximum Gasteiger partial charge on any atom is 0.146 e. The Kier molecular flexibility index (Phi) is 6.39. The van der Waals surface area contributed by atoms with Crippen molar-refractivity contribution in [1.82, 2.24) is 15.3 Å². The third kappa shape index (κ3) is 5.25. The highest BCUT2D eigenvalue weighted by Crippen LogP contribution is 2.33. The van der Waals surface area contributed by atoms with Gasteiger partial charge in [0.25, 0.3) is 0 Å². The van der Waals surface area contributed by atoms with E-state index in [2.05, 4.69) is 32.4 Å². The molecule has 6 heteroatoms. The predicted molar refractivity (Wildman–Crippen MR) is 133 cm³/mol. The summed E-state index contributed by atoms with van der Waals surface area (Å²) in [6.45, 7) is 2.08. The average molecular weight is 455 g/mol. The molecule has 0 aliphatic carbocycles. The van der Waals surface area contributed by atoms with Crippen LogP contribution in [0.1, 0.15) is 18.4 Å². The fourth-order valence-corrected chi connectivity index (χ4v) is 4.02. The SMILES string of the molecule is Clc1cc(Nc2ncnc3ccc(C#CC4CCNCC4)cc23)ccc1Oc1ccccc1. The molecule has 1 saturated heterocycles. The summed E-state index contributed by atoms with van der Waals surface area (Å²) in [7, 11) is 0. The van der Waals surface area contributed by atoms with E-state index in [0.29, 0.717) is 22.5 Å². The van der Waals surface area contributed by atoms with Gasteiger partial charge >= 0.3 is 0 Å². The van der Waals surface area contributed by atoms with Crippen LogP contribution in [-0.4, -0.2) is 23.1 Å². The fraction of sp³-hybridized carbons (Fsp3) is 0.185. The van der Waals surface area contributed by atoms with Gasteiger partial charge in [-0.1, -0.05) is 41.6 Å². The second-order valence-electron chi connectivity index (χ2n) is 7.93. The number of aromatic nitrogens is 2. The van der Waals surface area contributed by atoms with Crippen molar-refractivity contribution in [3.05, 3.63) is 83.6 Å². The molecule has 1 aliphatic rings. The third-order valence-corrected chi connectivity index (χ3v) is 5.86. The second-order valence-corrected chi connectivity index (χ2v) is 8.34. The van der Waals surface area contributed by atoms with Gasteiger partial charge < -0.3 is 15.4 Å². The first-order valence-electron chi connectivity index (χ1n) is 11.0. The minimum atomic E-state index is 0.449. The summed E-state index contributed by atoms with van der Waals surface area (Å²) in [6.07, 6.45) is 3.75. The summed E-state index contributed by atoms with van der Waals surface area (Å²) in [4.78, 5) is 8.86. The van der Waals surface area contributed by atoms with E-state index < -0.39 is 0 Å². The van der Waals surface area contributed by atoms with Crippen molar-refractivity contribution in [3.8, 4) is 23.3 Å². The van der Waals surface area contributed by atoms with E-state index in [1.165, 1.54) is 0 Å². The molecule has 2 N–H and O–H groups in total. The van der Waals surface area contributed by atoms with Crippen LogP contribution in [0.5, 0.6) is 11.5 Å². The van der Waals surface area contributed by atoms with E-state index in [0.717, 1.165) is 53.8 Å². The van der Waals surface area contributed by atoms with Crippen molar-refractivity contribution >= 4 is 34.0 Å². The molecule has 3 aromatic carbocycles. The maximum atomic E-state index is 6.48. The Morgan fingerprint density at radius 3 is 2.64 bits per heavy atom. The summed E-state index contributed by atoms with van der Waals surface area (Å²) >= 11 is 6.48. The van der Waals surface area contributed by atoms with Crippen LogP contribution in [0.2, 0.25) is 5.02 Å². The molecule has 0 radical (unpaired) electrons. The first-order chi connectivity index (χ1) is 16.2. The minimum absolute atomic E-state index is 0.449. The van der Waals surface area contributed by atoms with Crippen molar-refractivity contribution in [2.45, 2.75) is 12.8 Å². The molecule has 5 nitrogen and oxygen atoms in total. The first-order valence-corrected chi connectivity index (χ1v) is 11.4. The topological polar surface area (TPSA) is 59.1 Å². The van der Waals surface area contributed by atoms with E-state index in [1.807, 2.05) is 66.7 Å². The van der Waals surface area contributed by atoms with Crippen molar-refractivity contribution < 1.29 is 4.74 Å². The number of halogens is 1. The molecular formula is C27H23ClN4O. The molecule has 0 atom stereocenters. The highest BCUT2D eigenvalue weighted by atomic mass is 35.5. The van der Waals surface area contributed by atoms with Gasteiger partial charge in [0.1, 0.15) is 23.6 Å². The lowest BCUT2D eigenvalue weighted by Gasteiger charge is -2.17. The number of nitrogens with zero attached hydrogens (tertiary/aromatic N) is 2. The number of para-hydroxylation sites is 1. The van der Waals surface area contributed by atoms with Gasteiger partial charge in [-0.25, -0.2) is 9.97 Å². The van der Waals surface area contributed by atoms with Gasteiger partial charge in [0.2, 0.25) is 0 Å². The van der Waals surface area contributed by atoms with Crippen molar-refractivity contribution in [3.63, 3.8) is 0 Å². The van der Waals surface area contributed by atoms with E-state index in [9.17, 15) is 0 Å². The molecule has 33 heavy (non-hydrogen) atoms. The Morgan fingerprint density at radius 1 is 0.970 bits per heavy atom. The molecule has 4 aromatic rings. The molecule has 0 bridgehead atoms. The quantitative estimate of drug-likeness (QED) is 0.361. The average Bonchev–Trinajstić information content (AvgIpc) is 2.86. The van der Waals surface area contributed by atoms with Crippen LogP contribution in [0.4, 0.5) is 11.5 Å². The van der Waals surface area contributed by atoms with Gasteiger partial charge in [0.15, 0.2) is 0 Å². The Bertz CT molecular complexity index is 1320. The highest BCUT2D eigenvalue weighted by Gasteiger charge is 2.10. The molecule has 164 valence electrons. The molecule has 1 aliphatic heterocycles. The zero-order valence-corrected chi connectivity index (χ0v) is 18.8. The number of hydrogen-bond donors (Lipinski definition) is 2. The molecule has 0 unspecified atom stereocenters. The Morgan fingerprint density at radius 2 is 1.82 bits per heavy atom.